The predicted molar refractivity (Wildman–Crippen MR) is 156 cm³/mol. The molecule has 0 saturated carbocycles. The molecule has 0 spiro atoms. The molecule has 0 bridgehead atoms. The second-order valence-corrected chi connectivity index (χ2v) is 20.8. The minimum Gasteiger partial charge on any atom is -0.453 e. The predicted octanol–water partition coefficient (Wildman–Crippen LogP) is 6.93. The van der Waals surface area contributed by atoms with Gasteiger partial charge in [0.15, 0.2) is 6.61 Å². The molecule has 0 aromatic rings. The number of rotatable bonds is 11. The summed E-state index contributed by atoms with van der Waals surface area (Å²) >= 11 is 11.8. The fourth-order valence-electron chi connectivity index (χ4n) is 1.87. The highest BCUT2D eigenvalue weighted by Crippen LogP contribution is 2.04. The number of aliphatic hydroxyl groups excluding tert-OH is 1. The van der Waals surface area contributed by atoms with Gasteiger partial charge in [-0.3, -0.25) is 9.59 Å². The van der Waals surface area contributed by atoms with Crippen LogP contribution in [-0.4, -0.2) is 56.3 Å². The van der Waals surface area contributed by atoms with Crippen LogP contribution in [0, 0.1) is 22.9 Å². The van der Waals surface area contributed by atoms with Crippen molar-refractivity contribution in [1.82, 2.24) is 0 Å². The Labute approximate surface area is 226 Å². The summed E-state index contributed by atoms with van der Waals surface area (Å²) in [5.74, 6) is 5.45. The molecule has 0 aliphatic heterocycles. The number of unbranched alkanes of at least 4 members (excludes halogenated alkanes) is 4. The minimum atomic E-state index is -1.32. The number of alkyl halides is 2. The highest BCUT2D eigenvalue weighted by molar-refractivity contribution is 9.09. The maximum Gasteiger partial charge on any atom is 0.306 e. The van der Waals surface area contributed by atoms with Crippen LogP contribution in [0.1, 0.15) is 51.4 Å². The molecule has 0 fully saturated rings. The van der Waals surface area contributed by atoms with Crippen molar-refractivity contribution < 1.29 is 19.4 Å². The smallest absolute Gasteiger partial charge is 0.306 e. The highest BCUT2D eigenvalue weighted by Gasteiger charge is 2.07. The Hall–Kier alpha value is -0.0962. The molecule has 0 radical (unpaired) electrons. The number of ether oxygens (including phenoxy) is 1. The van der Waals surface area contributed by atoms with Crippen LogP contribution in [0.2, 0.25) is 39.3 Å². The Morgan fingerprint density at radius 1 is 0.788 bits per heavy atom. The van der Waals surface area contributed by atoms with Crippen molar-refractivity contribution >= 4 is 70.8 Å². The fraction of sp³-hybridized carbons (Fsp3) is 0.750. The highest BCUT2D eigenvalue weighted by atomic mass is 79.9. The van der Waals surface area contributed by atoms with E-state index in [1.807, 2.05) is 0 Å². The summed E-state index contributed by atoms with van der Waals surface area (Å²) in [5, 5.41) is 10.1. The largest absolute Gasteiger partial charge is 0.453 e. The zero-order valence-corrected chi connectivity index (χ0v) is 27.2. The Morgan fingerprint density at radius 2 is 1.24 bits per heavy atom. The van der Waals surface area contributed by atoms with Crippen LogP contribution >= 0.6 is 43.5 Å². The van der Waals surface area contributed by atoms with Crippen molar-refractivity contribution in [3.05, 3.63) is 0 Å². The van der Waals surface area contributed by atoms with E-state index in [0.29, 0.717) is 12.8 Å². The molecular formula is C24H43Br2ClO4Si2. The number of hydrogen-bond donors (Lipinski definition) is 1. The van der Waals surface area contributed by atoms with Crippen LogP contribution in [0.3, 0.4) is 0 Å². The monoisotopic (exact) mass is 644 g/mol. The van der Waals surface area contributed by atoms with Gasteiger partial charge in [-0.1, -0.05) is 95.8 Å². The third-order valence-corrected chi connectivity index (χ3v) is 6.50. The first-order valence-electron chi connectivity index (χ1n) is 11.4. The Kier molecular flexibility index (Phi) is 28.4. The van der Waals surface area contributed by atoms with Crippen LogP contribution in [0.5, 0.6) is 0 Å². The zero-order chi connectivity index (χ0) is 26.2. The summed E-state index contributed by atoms with van der Waals surface area (Å²) in [6.07, 6.45) is 7.27. The van der Waals surface area contributed by atoms with Gasteiger partial charge in [-0.05, 0) is 37.3 Å². The molecule has 0 saturated heterocycles. The van der Waals surface area contributed by atoms with Gasteiger partial charge in [-0.2, -0.15) is 0 Å². The van der Waals surface area contributed by atoms with Gasteiger partial charge in [0.05, 0.1) is 0 Å². The normalized spacial score (nSPS) is 10.1. The van der Waals surface area contributed by atoms with Crippen LogP contribution in [-0.2, 0) is 14.3 Å². The third kappa shape index (κ3) is 46.0. The number of carbonyl (C=O) groups excluding carboxylic acids is 2. The molecule has 0 atom stereocenters. The average Bonchev–Trinajstić information content (AvgIpc) is 2.70. The number of carbonyl (C=O) groups is 2. The molecule has 9 heteroatoms. The summed E-state index contributed by atoms with van der Waals surface area (Å²) in [7, 11) is -2.52. The zero-order valence-electron chi connectivity index (χ0n) is 21.3. The minimum absolute atomic E-state index is 0.00424. The Morgan fingerprint density at radius 3 is 1.61 bits per heavy atom. The van der Waals surface area contributed by atoms with Crippen LogP contribution < -0.4 is 0 Å². The Bertz CT molecular complexity index is 625. The molecule has 0 unspecified atom stereocenters. The molecule has 0 heterocycles. The lowest BCUT2D eigenvalue weighted by molar-refractivity contribution is -0.142. The molecule has 0 aromatic heterocycles. The molecule has 192 valence electrons. The molecule has 0 aliphatic carbocycles. The quantitative estimate of drug-likeness (QED) is 0.0661. The van der Waals surface area contributed by atoms with Crippen molar-refractivity contribution in [1.29, 1.82) is 0 Å². The van der Waals surface area contributed by atoms with Crippen molar-refractivity contribution in [2.75, 3.05) is 23.9 Å². The van der Waals surface area contributed by atoms with Gasteiger partial charge in [-0.15, -0.1) is 11.1 Å². The number of halogens is 3. The molecule has 4 nitrogen and oxygen atoms in total. The molecule has 0 rings (SSSR count). The molecule has 33 heavy (non-hydrogen) atoms. The first kappa shape index (κ1) is 37.5. The molecule has 1 N–H and O–H groups in total. The molecular weight excluding hydrogens is 604 g/mol. The topological polar surface area (TPSA) is 63.6 Å². The fourth-order valence-corrected chi connectivity index (χ4v) is 4.01. The summed E-state index contributed by atoms with van der Waals surface area (Å²) in [4.78, 5) is 21.4. The first-order valence-corrected chi connectivity index (χ1v) is 21.0. The lowest BCUT2D eigenvalue weighted by Gasteiger charge is -2.04. The maximum atomic E-state index is 11.2. The van der Waals surface area contributed by atoms with Gasteiger partial charge in [0.25, 0.3) is 0 Å². The standard InChI is InChI=1S/C12H21BrO2Si.C6H10BrClO.C6H12OSi/c1-16(2,3)11-7-10-15-12(14)8-5-4-6-9-13;7-5-3-1-2-4-6(8)9;1-8(2,3)6-4-5-7/h4-6,8-10H2,1-3H3;1-5H2;7H,5H2,1-3H3. The lowest BCUT2D eigenvalue weighted by atomic mass is 10.2. The van der Waals surface area contributed by atoms with Crippen molar-refractivity contribution in [2.45, 2.75) is 90.6 Å². The van der Waals surface area contributed by atoms with E-state index in [-0.39, 0.29) is 24.4 Å². The maximum absolute atomic E-state index is 11.2. The van der Waals surface area contributed by atoms with E-state index in [1.54, 1.807) is 0 Å². The van der Waals surface area contributed by atoms with E-state index < -0.39 is 16.1 Å². The Balaban J connectivity index is -0.000000449. The van der Waals surface area contributed by atoms with Gasteiger partial charge < -0.3 is 9.84 Å². The van der Waals surface area contributed by atoms with Gasteiger partial charge in [0.1, 0.15) is 22.8 Å². The van der Waals surface area contributed by atoms with Gasteiger partial charge in [0.2, 0.25) is 5.24 Å². The van der Waals surface area contributed by atoms with Crippen molar-refractivity contribution in [3.8, 4) is 22.9 Å². The first-order chi connectivity index (χ1) is 15.3. The van der Waals surface area contributed by atoms with E-state index >= 15 is 0 Å². The summed E-state index contributed by atoms with van der Waals surface area (Å²) in [6.45, 7) is 13.2. The number of hydrogen-bond acceptors (Lipinski definition) is 4. The number of esters is 1. The van der Waals surface area contributed by atoms with E-state index in [2.05, 4.69) is 94.1 Å². The average molecular weight is 647 g/mol. The van der Waals surface area contributed by atoms with Crippen LogP contribution in [0.25, 0.3) is 0 Å². The second-order valence-electron chi connectivity index (χ2n) is 9.28. The summed E-state index contributed by atoms with van der Waals surface area (Å²) < 4.78 is 5.02. The van der Waals surface area contributed by atoms with Gasteiger partial charge >= 0.3 is 5.97 Å². The van der Waals surface area contributed by atoms with Crippen molar-refractivity contribution in [3.63, 3.8) is 0 Å². The number of aliphatic hydroxyl groups is 1. The molecule has 0 aromatic carbocycles. The van der Waals surface area contributed by atoms with Crippen LogP contribution in [0.4, 0.5) is 0 Å². The molecule has 0 aliphatic rings. The summed E-state index contributed by atoms with van der Waals surface area (Å²) in [5.41, 5.74) is 6.17. The van der Waals surface area contributed by atoms with Crippen molar-refractivity contribution in [2.24, 2.45) is 0 Å². The van der Waals surface area contributed by atoms with Gasteiger partial charge in [0, 0.05) is 23.5 Å². The summed E-state index contributed by atoms with van der Waals surface area (Å²) in [6, 6.07) is 0. The SMILES string of the molecule is C[Si](C)(C)C#CCO.C[Si](C)(C)C#CCOC(=O)CCCCCBr.O=C(Cl)CCCCCBr. The molecule has 0 amide bonds. The van der Waals surface area contributed by atoms with E-state index in [4.69, 9.17) is 21.4 Å². The van der Waals surface area contributed by atoms with E-state index in [9.17, 15) is 9.59 Å². The third-order valence-electron chi connectivity index (χ3n) is 3.33. The van der Waals surface area contributed by atoms with E-state index in [0.717, 1.165) is 49.2 Å². The van der Waals surface area contributed by atoms with Gasteiger partial charge in [-0.25, -0.2) is 0 Å². The van der Waals surface area contributed by atoms with E-state index in [1.165, 1.54) is 0 Å². The second kappa shape index (κ2) is 25.0. The lowest BCUT2D eigenvalue weighted by Crippen LogP contribution is -2.17. The van der Waals surface area contributed by atoms with Crippen LogP contribution in [0.15, 0.2) is 0 Å².